The number of allylic oxidation sites excluding steroid dienone is 2. The van der Waals surface area contributed by atoms with Crippen LogP contribution in [0.4, 0.5) is 0 Å². The molecule has 1 fully saturated rings. The van der Waals surface area contributed by atoms with E-state index in [0.29, 0.717) is 0 Å². The molecule has 0 atom stereocenters. The number of unbranched alkanes of at least 4 members (excludes halogenated alkanes) is 2. The molecule has 1 rings (SSSR count). The standard InChI is InChI=1S/C12H20Si/c1-13(2,3)11-7-5-4-6-8-12-9-10-12/h8H,4-6,9-10H2,1-3H3. The Morgan fingerprint density at radius 3 is 2.54 bits per heavy atom. The van der Waals surface area contributed by atoms with Crippen molar-refractivity contribution in [3.05, 3.63) is 11.6 Å². The van der Waals surface area contributed by atoms with Crippen LogP contribution in [0.15, 0.2) is 11.6 Å². The Labute approximate surface area is 83.4 Å². The molecule has 0 nitrogen and oxygen atoms in total. The molecule has 72 valence electrons. The molecule has 0 N–H and O–H groups in total. The maximum atomic E-state index is 3.39. The van der Waals surface area contributed by atoms with Gasteiger partial charge in [-0.05, 0) is 25.7 Å². The predicted octanol–water partition coefficient (Wildman–Crippen LogP) is 3.76. The van der Waals surface area contributed by atoms with Crippen LogP contribution in [0.3, 0.4) is 0 Å². The van der Waals surface area contributed by atoms with E-state index in [9.17, 15) is 0 Å². The van der Waals surface area contributed by atoms with Gasteiger partial charge in [0.05, 0.1) is 0 Å². The van der Waals surface area contributed by atoms with Gasteiger partial charge in [-0.1, -0.05) is 31.3 Å². The van der Waals surface area contributed by atoms with E-state index in [2.05, 4.69) is 37.2 Å². The van der Waals surface area contributed by atoms with Crippen LogP contribution in [0.2, 0.25) is 19.6 Å². The van der Waals surface area contributed by atoms with Gasteiger partial charge >= 0.3 is 0 Å². The third-order valence-electron chi connectivity index (χ3n) is 1.94. The van der Waals surface area contributed by atoms with E-state index >= 15 is 0 Å². The van der Waals surface area contributed by atoms with Gasteiger partial charge in [0.15, 0.2) is 0 Å². The summed E-state index contributed by atoms with van der Waals surface area (Å²) in [7, 11) is -1.10. The van der Waals surface area contributed by atoms with Crippen molar-refractivity contribution < 1.29 is 0 Å². The Hall–Kier alpha value is -0.483. The summed E-state index contributed by atoms with van der Waals surface area (Å²) in [6.07, 6.45) is 8.71. The van der Waals surface area contributed by atoms with Crippen LogP contribution in [0, 0.1) is 11.5 Å². The molecule has 0 unspecified atom stereocenters. The molecule has 0 aliphatic heterocycles. The third kappa shape index (κ3) is 6.66. The van der Waals surface area contributed by atoms with Crippen LogP contribution in [0.5, 0.6) is 0 Å². The maximum absolute atomic E-state index is 3.39. The van der Waals surface area contributed by atoms with Gasteiger partial charge in [-0.25, -0.2) is 0 Å². The molecule has 0 amide bonds. The van der Waals surface area contributed by atoms with Gasteiger partial charge < -0.3 is 0 Å². The van der Waals surface area contributed by atoms with Gasteiger partial charge in [-0.2, -0.15) is 0 Å². The average Bonchev–Trinajstić information content (AvgIpc) is 2.77. The molecule has 0 aromatic heterocycles. The molecular weight excluding hydrogens is 172 g/mol. The summed E-state index contributed by atoms with van der Waals surface area (Å²) in [5.74, 6) is 3.30. The zero-order chi connectivity index (χ0) is 9.73. The van der Waals surface area contributed by atoms with Crippen molar-refractivity contribution in [2.75, 3.05) is 0 Å². The van der Waals surface area contributed by atoms with Crippen molar-refractivity contribution in [3.63, 3.8) is 0 Å². The van der Waals surface area contributed by atoms with Gasteiger partial charge in [-0.3, -0.25) is 0 Å². The fourth-order valence-electron chi connectivity index (χ4n) is 1.10. The molecule has 0 heterocycles. The van der Waals surface area contributed by atoms with Crippen molar-refractivity contribution >= 4 is 8.07 Å². The Bertz CT molecular complexity index is 239. The quantitative estimate of drug-likeness (QED) is 0.276. The average molecular weight is 192 g/mol. The molecule has 0 radical (unpaired) electrons. The van der Waals surface area contributed by atoms with Crippen LogP contribution in [-0.2, 0) is 0 Å². The predicted molar refractivity (Wildman–Crippen MR) is 62.3 cm³/mol. The third-order valence-corrected chi connectivity index (χ3v) is 2.87. The SMILES string of the molecule is C[Si](C)(C)C#CCCCC=C1CC1. The van der Waals surface area contributed by atoms with Gasteiger partial charge in [0, 0.05) is 6.42 Å². The number of hydrogen-bond acceptors (Lipinski definition) is 0. The fourth-order valence-corrected chi connectivity index (χ4v) is 1.76. The zero-order valence-corrected chi connectivity index (χ0v) is 10.1. The molecule has 1 aliphatic carbocycles. The van der Waals surface area contributed by atoms with Crippen LogP contribution in [0.25, 0.3) is 0 Å². The summed E-state index contributed by atoms with van der Waals surface area (Å²) in [5, 5.41) is 0. The first-order chi connectivity index (χ1) is 6.08. The monoisotopic (exact) mass is 192 g/mol. The minimum atomic E-state index is -1.10. The van der Waals surface area contributed by atoms with Crippen LogP contribution in [0.1, 0.15) is 32.1 Å². The highest BCUT2D eigenvalue weighted by Crippen LogP contribution is 2.28. The van der Waals surface area contributed by atoms with Crippen molar-refractivity contribution in [1.82, 2.24) is 0 Å². The first-order valence-corrected chi connectivity index (χ1v) is 8.76. The second-order valence-electron chi connectivity index (χ2n) is 4.81. The molecule has 0 aromatic rings. The lowest BCUT2D eigenvalue weighted by Crippen LogP contribution is -2.16. The van der Waals surface area contributed by atoms with E-state index in [-0.39, 0.29) is 0 Å². The molecule has 1 saturated carbocycles. The number of rotatable bonds is 3. The molecule has 0 aromatic carbocycles. The van der Waals surface area contributed by atoms with E-state index in [1.807, 2.05) is 0 Å². The van der Waals surface area contributed by atoms with Gasteiger partial charge in [0.25, 0.3) is 0 Å². The highest BCUT2D eigenvalue weighted by Gasteiger charge is 2.09. The van der Waals surface area contributed by atoms with Crippen molar-refractivity contribution in [3.8, 4) is 11.5 Å². The van der Waals surface area contributed by atoms with E-state index < -0.39 is 8.07 Å². The normalized spacial score (nSPS) is 14.8. The van der Waals surface area contributed by atoms with Crippen molar-refractivity contribution in [2.24, 2.45) is 0 Å². The summed E-state index contributed by atoms with van der Waals surface area (Å²) in [4.78, 5) is 0. The summed E-state index contributed by atoms with van der Waals surface area (Å²) in [6, 6.07) is 0. The number of hydrogen-bond donors (Lipinski definition) is 0. The van der Waals surface area contributed by atoms with E-state index in [1.165, 1.54) is 25.7 Å². The van der Waals surface area contributed by atoms with E-state index in [0.717, 1.165) is 6.42 Å². The second kappa shape index (κ2) is 4.67. The summed E-state index contributed by atoms with van der Waals surface area (Å²) < 4.78 is 0. The van der Waals surface area contributed by atoms with Crippen molar-refractivity contribution in [2.45, 2.75) is 51.7 Å². The molecule has 13 heavy (non-hydrogen) atoms. The molecule has 1 heteroatoms. The van der Waals surface area contributed by atoms with Gasteiger partial charge in [-0.15, -0.1) is 11.5 Å². The first kappa shape index (κ1) is 10.6. The minimum absolute atomic E-state index is 1.09. The summed E-state index contributed by atoms with van der Waals surface area (Å²) in [5.41, 5.74) is 5.06. The molecule has 1 aliphatic rings. The Morgan fingerprint density at radius 2 is 2.00 bits per heavy atom. The minimum Gasteiger partial charge on any atom is -0.132 e. The van der Waals surface area contributed by atoms with Crippen LogP contribution in [-0.4, -0.2) is 8.07 Å². The van der Waals surface area contributed by atoms with Crippen molar-refractivity contribution in [1.29, 1.82) is 0 Å². The topological polar surface area (TPSA) is 0 Å². The summed E-state index contributed by atoms with van der Waals surface area (Å²) in [6.45, 7) is 6.89. The lowest BCUT2D eigenvalue weighted by atomic mass is 10.2. The maximum Gasteiger partial charge on any atom is 0.129 e. The van der Waals surface area contributed by atoms with E-state index in [4.69, 9.17) is 0 Å². The lowest BCUT2D eigenvalue weighted by Gasteiger charge is -2.02. The smallest absolute Gasteiger partial charge is 0.129 e. The Kier molecular flexibility index (Phi) is 3.81. The highest BCUT2D eigenvalue weighted by molar-refractivity contribution is 6.83. The van der Waals surface area contributed by atoms with Crippen LogP contribution < -0.4 is 0 Å². The highest BCUT2D eigenvalue weighted by atomic mass is 28.3. The molecule has 0 saturated heterocycles. The van der Waals surface area contributed by atoms with Gasteiger partial charge in [0.1, 0.15) is 8.07 Å². The van der Waals surface area contributed by atoms with Crippen LogP contribution >= 0.6 is 0 Å². The first-order valence-electron chi connectivity index (χ1n) is 5.26. The molecule has 0 bridgehead atoms. The molecular formula is C12H20Si. The second-order valence-corrected chi connectivity index (χ2v) is 9.56. The Balaban J connectivity index is 2.05. The van der Waals surface area contributed by atoms with Gasteiger partial charge in [0.2, 0.25) is 0 Å². The lowest BCUT2D eigenvalue weighted by molar-refractivity contribution is 0.883. The molecule has 0 spiro atoms. The van der Waals surface area contributed by atoms with E-state index in [1.54, 1.807) is 5.57 Å². The largest absolute Gasteiger partial charge is 0.132 e. The summed E-state index contributed by atoms with van der Waals surface area (Å²) >= 11 is 0. The fraction of sp³-hybridized carbons (Fsp3) is 0.667. The Morgan fingerprint density at radius 1 is 1.31 bits per heavy atom. The zero-order valence-electron chi connectivity index (χ0n) is 9.11.